The number of urea groups is 1. The van der Waals surface area contributed by atoms with Crippen molar-refractivity contribution in [2.45, 2.75) is 46.1 Å². The molecule has 2 atom stereocenters. The summed E-state index contributed by atoms with van der Waals surface area (Å²) in [5.74, 6) is -0.419. The van der Waals surface area contributed by atoms with E-state index in [1.807, 2.05) is 13.8 Å². The number of nitrogens with zero attached hydrogens (tertiary/aromatic N) is 1. The molecule has 0 radical (unpaired) electrons. The second kappa shape index (κ2) is 18.0. The molecule has 0 fully saturated rings. The van der Waals surface area contributed by atoms with E-state index in [2.05, 4.69) is 5.32 Å². The van der Waals surface area contributed by atoms with Crippen LogP contribution in [-0.4, -0.2) is 73.5 Å². The van der Waals surface area contributed by atoms with E-state index in [-0.39, 0.29) is 19.3 Å². The van der Waals surface area contributed by atoms with Crippen molar-refractivity contribution in [2.24, 2.45) is 0 Å². The Labute approximate surface area is 151 Å². The minimum Gasteiger partial charge on any atom is -0.396 e. The van der Waals surface area contributed by atoms with Crippen molar-refractivity contribution in [1.29, 1.82) is 0 Å². The van der Waals surface area contributed by atoms with Gasteiger partial charge in [-0.15, -0.1) is 0 Å². The minimum absolute atomic E-state index is 0.0873. The van der Waals surface area contributed by atoms with Crippen LogP contribution in [0.15, 0.2) is 0 Å². The summed E-state index contributed by atoms with van der Waals surface area (Å²) in [5, 5.41) is 10.8. The van der Waals surface area contributed by atoms with Gasteiger partial charge in [0, 0.05) is 34.2 Å². The first-order chi connectivity index (χ1) is 11.9. The highest BCUT2D eigenvalue weighted by Gasteiger charge is 2.16. The van der Waals surface area contributed by atoms with E-state index in [1.165, 1.54) is 18.9 Å². The maximum atomic E-state index is 11.5. The largest absolute Gasteiger partial charge is 0.396 e. The smallest absolute Gasteiger partial charge is 0.329 e. The van der Waals surface area contributed by atoms with E-state index >= 15 is 0 Å². The first-order valence-corrected chi connectivity index (χ1v) is 9.44. The lowest BCUT2D eigenvalue weighted by molar-refractivity contribution is -0.118. The zero-order valence-electron chi connectivity index (χ0n) is 15.9. The molecule has 0 heterocycles. The van der Waals surface area contributed by atoms with Gasteiger partial charge in [-0.1, -0.05) is 13.8 Å². The number of rotatable bonds is 12. The molecule has 0 saturated heterocycles. The first kappa shape index (κ1) is 26.4. The summed E-state index contributed by atoms with van der Waals surface area (Å²) in [6.07, 6.45) is 1.41. The Morgan fingerprint density at radius 3 is 2.40 bits per heavy atom. The van der Waals surface area contributed by atoms with Crippen molar-refractivity contribution in [3.05, 3.63) is 0 Å². The average Bonchev–Trinajstić information content (AvgIpc) is 2.59. The van der Waals surface area contributed by atoms with Crippen LogP contribution in [0.4, 0.5) is 4.79 Å². The zero-order valence-corrected chi connectivity index (χ0v) is 16.8. The molecule has 0 aliphatic carbocycles. The number of ether oxygens (including phenoxy) is 1. The van der Waals surface area contributed by atoms with Gasteiger partial charge < -0.3 is 28.7 Å². The van der Waals surface area contributed by atoms with Crippen molar-refractivity contribution in [2.75, 3.05) is 40.5 Å². The van der Waals surface area contributed by atoms with Crippen molar-refractivity contribution >= 4 is 20.5 Å². The number of unbranched alkanes of at least 4 members (excludes halogenated alkanes) is 1. The molecule has 0 spiro atoms. The fourth-order valence-electron chi connectivity index (χ4n) is 1.50. The monoisotopic (exact) mass is 384 g/mol. The van der Waals surface area contributed by atoms with Crippen LogP contribution in [0, 0.1) is 0 Å². The van der Waals surface area contributed by atoms with E-state index in [1.54, 1.807) is 7.05 Å². The number of carbonyl (C=O) groups excluding carboxylic acids is 2. The van der Waals surface area contributed by atoms with Gasteiger partial charge in [-0.25, -0.2) is 4.79 Å². The van der Waals surface area contributed by atoms with Gasteiger partial charge in [-0.2, -0.15) is 0 Å². The van der Waals surface area contributed by atoms with E-state index in [9.17, 15) is 14.5 Å². The van der Waals surface area contributed by atoms with Crippen LogP contribution < -0.4 is 5.32 Å². The summed E-state index contributed by atoms with van der Waals surface area (Å²) in [4.78, 5) is 33.2. The number of hydrogen-bond donors (Lipinski definition) is 3. The van der Waals surface area contributed by atoms with Gasteiger partial charge >= 0.3 is 14.6 Å². The van der Waals surface area contributed by atoms with Crippen LogP contribution >= 0.6 is 8.60 Å². The normalized spacial score (nSPS) is 12.6. The molecule has 2 unspecified atom stereocenters. The molecule has 0 aromatic heterocycles. The summed E-state index contributed by atoms with van der Waals surface area (Å²) in [7, 11) is 1.09. The molecule has 150 valence electrons. The SMILES string of the molecule is CC.COC(CCN(C)C(=O)NC(C)=O)COP(O)OCCCCO. The minimum atomic E-state index is -1.98. The molecule has 3 amide bonds. The van der Waals surface area contributed by atoms with Gasteiger partial charge in [0.05, 0.1) is 19.3 Å². The van der Waals surface area contributed by atoms with Crippen molar-refractivity contribution in [3.63, 3.8) is 0 Å². The Balaban J connectivity index is 0. The topological polar surface area (TPSA) is 118 Å². The number of methoxy groups -OCH3 is 1. The Hall–Kier alpha value is -0.830. The first-order valence-electron chi connectivity index (χ1n) is 8.31. The summed E-state index contributed by atoms with van der Waals surface area (Å²) in [5.41, 5.74) is 0. The van der Waals surface area contributed by atoms with Crippen LogP contribution in [0.2, 0.25) is 0 Å². The number of imide groups is 1. The molecule has 0 aliphatic heterocycles. The molecule has 0 rings (SSSR count). The highest BCUT2D eigenvalue weighted by molar-refractivity contribution is 7.40. The number of aliphatic hydroxyl groups is 1. The van der Waals surface area contributed by atoms with Crippen molar-refractivity contribution in [3.8, 4) is 0 Å². The van der Waals surface area contributed by atoms with Crippen LogP contribution in [-0.2, 0) is 18.6 Å². The Kier molecular flexibility index (Phi) is 19.0. The molecule has 3 N–H and O–H groups in total. The van der Waals surface area contributed by atoms with Crippen LogP contribution in [0.25, 0.3) is 0 Å². The molecular weight excluding hydrogens is 351 g/mol. The lowest BCUT2D eigenvalue weighted by atomic mass is 10.2. The fourth-order valence-corrected chi connectivity index (χ4v) is 2.15. The summed E-state index contributed by atoms with van der Waals surface area (Å²) in [6, 6.07) is -0.482. The predicted octanol–water partition coefficient (Wildman–Crippen LogP) is 1.63. The molecule has 0 saturated carbocycles. The second-order valence-corrected chi connectivity index (χ2v) is 5.84. The Bertz CT molecular complexity index is 348. The van der Waals surface area contributed by atoms with Crippen LogP contribution in [0.3, 0.4) is 0 Å². The van der Waals surface area contributed by atoms with Crippen molar-refractivity contribution in [1.82, 2.24) is 10.2 Å². The molecule has 10 heteroatoms. The number of hydrogen-bond acceptors (Lipinski definition) is 7. The highest BCUT2D eigenvalue weighted by Crippen LogP contribution is 2.33. The number of nitrogens with one attached hydrogen (secondary N) is 1. The molecule has 0 aromatic rings. The highest BCUT2D eigenvalue weighted by atomic mass is 31.2. The maximum Gasteiger partial charge on any atom is 0.329 e. The van der Waals surface area contributed by atoms with Crippen LogP contribution in [0.1, 0.15) is 40.0 Å². The number of amides is 3. The quantitative estimate of drug-likeness (QED) is 0.346. The lowest BCUT2D eigenvalue weighted by Crippen LogP contribution is -2.41. The van der Waals surface area contributed by atoms with E-state index < -0.39 is 20.5 Å². The number of aliphatic hydroxyl groups excluding tert-OH is 1. The van der Waals surface area contributed by atoms with Gasteiger partial charge in [0.25, 0.3) is 0 Å². The third-order valence-electron chi connectivity index (χ3n) is 2.87. The number of carbonyl (C=O) groups is 2. The average molecular weight is 384 g/mol. The lowest BCUT2D eigenvalue weighted by Gasteiger charge is -2.21. The predicted molar refractivity (Wildman–Crippen MR) is 96.0 cm³/mol. The Morgan fingerprint density at radius 2 is 1.88 bits per heavy atom. The third kappa shape index (κ3) is 16.4. The summed E-state index contributed by atoms with van der Waals surface area (Å²) >= 11 is 0. The van der Waals surface area contributed by atoms with Crippen molar-refractivity contribution < 1.29 is 33.4 Å². The molecule has 0 aromatic carbocycles. The van der Waals surface area contributed by atoms with E-state index in [0.717, 1.165) is 0 Å². The maximum absolute atomic E-state index is 11.5. The van der Waals surface area contributed by atoms with Gasteiger partial charge in [0.15, 0.2) is 0 Å². The molecule has 9 nitrogen and oxygen atoms in total. The zero-order chi connectivity index (χ0) is 19.7. The molecule has 25 heavy (non-hydrogen) atoms. The summed E-state index contributed by atoms with van der Waals surface area (Å²) in [6.45, 7) is 6.16. The van der Waals surface area contributed by atoms with Gasteiger partial charge in [0.1, 0.15) is 0 Å². The standard InChI is InChI=1S/C13H27N2O7P.C2H6/c1-11(17)14-13(18)15(2)7-6-12(20-3)10-22-23(19)21-9-5-4-8-16;1-2/h12,16,19H,4-10H2,1-3H3,(H,14,17,18);1-2H3. The van der Waals surface area contributed by atoms with E-state index in [0.29, 0.717) is 32.4 Å². The van der Waals surface area contributed by atoms with Gasteiger partial charge in [-0.05, 0) is 19.3 Å². The third-order valence-corrected chi connectivity index (χ3v) is 3.65. The Morgan fingerprint density at radius 1 is 1.24 bits per heavy atom. The molecule has 0 bridgehead atoms. The molecular formula is C15H33N2O7P. The van der Waals surface area contributed by atoms with E-state index in [4.69, 9.17) is 18.9 Å². The van der Waals surface area contributed by atoms with Gasteiger partial charge in [0.2, 0.25) is 5.91 Å². The fraction of sp³-hybridized carbons (Fsp3) is 0.867. The van der Waals surface area contributed by atoms with Crippen LogP contribution in [0.5, 0.6) is 0 Å². The van der Waals surface area contributed by atoms with Gasteiger partial charge in [-0.3, -0.25) is 10.1 Å². The summed E-state index contributed by atoms with van der Waals surface area (Å²) < 4.78 is 15.5. The molecule has 0 aliphatic rings. The second-order valence-electron chi connectivity index (χ2n) is 4.85.